The van der Waals surface area contributed by atoms with E-state index in [0.29, 0.717) is 58.8 Å². The average Bonchev–Trinajstić information content (AvgIpc) is 3.12. The van der Waals surface area contributed by atoms with Gasteiger partial charge >= 0.3 is 5.97 Å². The van der Waals surface area contributed by atoms with Crippen LogP contribution in [0.4, 0.5) is 4.39 Å². The molecule has 0 unspecified atom stereocenters. The number of halogens is 1. The van der Waals surface area contributed by atoms with Crippen LogP contribution in [0.15, 0.2) is 47.4 Å². The molecule has 0 saturated heterocycles. The van der Waals surface area contributed by atoms with Crippen LogP contribution in [0.2, 0.25) is 0 Å². The molecule has 5 rings (SSSR count). The van der Waals surface area contributed by atoms with E-state index in [1.54, 1.807) is 18.3 Å². The number of carbonyl (C=O) groups is 1. The maximum absolute atomic E-state index is 13.8. The van der Waals surface area contributed by atoms with Crippen LogP contribution in [0.3, 0.4) is 0 Å². The fourth-order valence-corrected chi connectivity index (χ4v) is 4.04. The molecular weight excluding hydrogens is 401 g/mol. The van der Waals surface area contributed by atoms with Crippen molar-refractivity contribution in [1.29, 1.82) is 0 Å². The second-order valence-electron chi connectivity index (χ2n) is 7.49. The standard InChI is InChI=1S/C22H18FN5O3/c23-12-4-5-16-14(9-12)15(19(25-16)22(30)31)10-28-8-6-13-18(11-28)26-20(27-21(13)29)17-3-1-2-7-24-17/h1-5,7,9,25H,6,8,10-11H2,(H,30,31)(H,26,27,29). The molecule has 3 N–H and O–H groups in total. The molecule has 0 spiro atoms. The van der Waals surface area contributed by atoms with Gasteiger partial charge in [0.25, 0.3) is 5.56 Å². The fourth-order valence-electron chi connectivity index (χ4n) is 4.04. The number of nitrogens with zero attached hydrogens (tertiary/aromatic N) is 3. The number of carboxylic acids is 1. The van der Waals surface area contributed by atoms with E-state index in [4.69, 9.17) is 0 Å². The van der Waals surface area contributed by atoms with E-state index in [9.17, 15) is 19.1 Å². The molecule has 0 bridgehead atoms. The number of pyridine rings is 1. The molecule has 0 atom stereocenters. The lowest BCUT2D eigenvalue weighted by Gasteiger charge is -2.27. The summed E-state index contributed by atoms with van der Waals surface area (Å²) >= 11 is 0. The van der Waals surface area contributed by atoms with Gasteiger partial charge in [0.15, 0.2) is 5.82 Å². The highest BCUT2D eigenvalue weighted by atomic mass is 19.1. The van der Waals surface area contributed by atoms with Crippen LogP contribution in [0, 0.1) is 5.82 Å². The molecule has 3 aromatic heterocycles. The van der Waals surface area contributed by atoms with Gasteiger partial charge in [-0.3, -0.25) is 14.7 Å². The lowest BCUT2D eigenvalue weighted by atomic mass is 10.0. The van der Waals surface area contributed by atoms with Gasteiger partial charge in [0.1, 0.15) is 17.2 Å². The molecule has 0 fully saturated rings. The molecule has 1 aliphatic rings. The number of hydrogen-bond donors (Lipinski definition) is 3. The fraction of sp³-hybridized carbons (Fsp3) is 0.182. The molecular formula is C22H18FN5O3. The van der Waals surface area contributed by atoms with E-state index in [2.05, 4.69) is 19.9 Å². The molecule has 0 aliphatic carbocycles. The Morgan fingerprint density at radius 2 is 2.10 bits per heavy atom. The summed E-state index contributed by atoms with van der Waals surface area (Å²) in [6.07, 6.45) is 2.12. The highest BCUT2D eigenvalue weighted by molar-refractivity contribution is 5.97. The van der Waals surface area contributed by atoms with Gasteiger partial charge in [-0.15, -0.1) is 0 Å². The molecule has 9 heteroatoms. The number of fused-ring (bicyclic) bond motifs is 2. The number of aromatic nitrogens is 4. The number of aromatic carboxylic acids is 1. The Hall–Kier alpha value is -3.85. The number of nitrogens with one attached hydrogen (secondary N) is 2. The Balaban J connectivity index is 1.50. The van der Waals surface area contributed by atoms with Crippen LogP contribution in [0.1, 0.15) is 27.3 Å². The number of benzene rings is 1. The largest absolute Gasteiger partial charge is 0.477 e. The lowest BCUT2D eigenvalue weighted by molar-refractivity contribution is 0.0689. The van der Waals surface area contributed by atoms with Gasteiger partial charge < -0.3 is 15.1 Å². The summed E-state index contributed by atoms with van der Waals surface area (Å²) in [5, 5.41) is 10.2. The van der Waals surface area contributed by atoms with E-state index in [1.807, 2.05) is 11.0 Å². The van der Waals surface area contributed by atoms with Crippen molar-refractivity contribution in [1.82, 2.24) is 24.8 Å². The molecule has 0 saturated carbocycles. The van der Waals surface area contributed by atoms with Gasteiger partial charge in [-0.05, 0) is 36.8 Å². The van der Waals surface area contributed by atoms with E-state index >= 15 is 0 Å². The predicted octanol–water partition coefficient (Wildman–Crippen LogP) is 2.71. The van der Waals surface area contributed by atoms with Gasteiger partial charge in [0.05, 0.1) is 5.69 Å². The first-order valence-electron chi connectivity index (χ1n) is 9.79. The van der Waals surface area contributed by atoms with Crippen LogP contribution < -0.4 is 5.56 Å². The Morgan fingerprint density at radius 3 is 2.87 bits per heavy atom. The minimum Gasteiger partial charge on any atom is -0.477 e. The molecule has 4 heterocycles. The summed E-state index contributed by atoms with van der Waals surface area (Å²) in [5.74, 6) is -1.13. The predicted molar refractivity (Wildman–Crippen MR) is 111 cm³/mol. The Morgan fingerprint density at radius 1 is 1.23 bits per heavy atom. The highest BCUT2D eigenvalue weighted by Gasteiger charge is 2.25. The quantitative estimate of drug-likeness (QED) is 0.469. The molecule has 0 amide bonds. The SMILES string of the molecule is O=C(O)c1[nH]c2ccc(F)cc2c1CN1CCc2c(nc(-c3ccccn3)[nH]c2=O)C1. The van der Waals surface area contributed by atoms with Crippen LogP contribution in [0.5, 0.6) is 0 Å². The van der Waals surface area contributed by atoms with Crippen LogP contribution >= 0.6 is 0 Å². The second kappa shape index (κ2) is 7.44. The zero-order valence-electron chi connectivity index (χ0n) is 16.4. The molecule has 0 radical (unpaired) electrons. The van der Waals surface area contributed by atoms with E-state index in [-0.39, 0.29) is 17.8 Å². The summed E-state index contributed by atoms with van der Waals surface area (Å²) < 4.78 is 13.8. The normalized spacial score (nSPS) is 14.0. The average molecular weight is 419 g/mol. The second-order valence-corrected chi connectivity index (χ2v) is 7.49. The van der Waals surface area contributed by atoms with Crippen molar-refractivity contribution in [2.45, 2.75) is 19.5 Å². The molecule has 156 valence electrons. The van der Waals surface area contributed by atoms with Gasteiger partial charge in [-0.25, -0.2) is 14.2 Å². The van der Waals surface area contributed by atoms with E-state index in [1.165, 1.54) is 18.2 Å². The zero-order valence-corrected chi connectivity index (χ0v) is 16.4. The number of hydrogen-bond acceptors (Lipinski definition) is 5. The van der Waals surface area contributed by atoms with Crippen molar-refractivity contribution in [2.75, 3.05) is 6.54 Å². The van der Waals surface area contributed by atoms with Crippen molar-refractivity contribution in [3.05, 3.63) is 81.3 Å². The summed E-state index contributed by atoms with van der Waals surface area (Å²) in [5.41, 5.74) is 2.77. The minimum absolute atomic E-state index is 0.0411. The van der Waals surface area contributed by atoms with Crippen molar-refractivity contribution < 1.29 is 14.3 Å². The lowest BCUT2D eigenvalue weighted by Crippen LogP contribution is -2.35. The first-order chi connectivity index (χ1) is 15.0. The molecule has 8 nitrogen and oxygen atoms in total. The highest BCUT2D eigenvalue weighted by Crippen LogP contribution is 2.27. The summed E-state index contributed by atoms with van der Waals surface area (Å²) in [6.45, 7) is 1.22. The first-order valence-corrected chi connectivity index (χ1v) is 9.79. The van der Waals surface area contributed by atoms with Gasteiger partial charge in [0.2, 0.25) is 0 Å². The monoisotopic (exact) mass is 419 g/mol. The summed E-state index contributed by atoms with van der Waals surface area (Å²) in [6, 6.07) is 9.54. The van der Waals surface area contributed by atoms with Crippen LogP contribution in [-0.4, -0.2) is 42.5 Å². The topological polar surface area (TPSA) is 115 Å². The van der Waals surface area contributed by atoms with Gasteiger partial charge in [0, 0.05) is 47.9 Å². The van der Waals surface area contributed by atoms with Crippen molar-refractivity contribution >= 4 is 16.9 Å². The Kier molecular flexibility index (Phi) is 4.59. The van der Waals surface area contributed by atoms with Crippen LogP contribution in [0.25, 0.3) is 22.4 Å². The third-order valence-electron chi connectivity index (χ3n) is 5.52. The van der Waals surface area contributed by atoms with Gasteiger partial charge in [-0.2, -0.15) is 0 Å². The minimum atomic E-state index is -1.10. The smallest absolute Gasteiger partial charge is 0.352 e. The van der Waals surface area contributed by atoms with Crippen molar-refractivity contribution in [3.8, 4) is 11.5 Å². The molecule has 4 aromatic rings. The maximum atomic E-state index is 13.8. The zero-order chi connectivity index (χ0) is 21.5. The third kappa shape index (κ3) is 3.49. The van der Waals surface area contributed by atoms with Gasteiger partial charge in [-0.1, -0.05) is 6.07 Å². The van der Waals surface area contributed by atoms with Crippen molar-refractivity contribution in [2.24, 2.45) is 0 Å². The number of aromatic amines is 2. The molecule has 1 aliphatic heterocycles. The molecule has 1 aromatic carbocycles. The summed E-state index contributed by atoms with van der Waals surface area (Å²) in [4.78, 5) is 40.9. The van der Waals surface area contributed by atoms with Crippen LogP contribution in [-0.2, 0) is 19.5 Å². The molecule has 31 heavy (non-hydrogen) atoms. The first kappa shape index (κ1) is 19.1. The maximum Gasteiger partial charge on any atom is 0.352 e. The number of rotatable bonds is 4. The Bertz CT molecular complexity index is 1360. The van der Waals surface area contributed by atoms with Crippen molar-refractivity contribution in [3.63, 3.8) is 0 Å². The number of H-pyrrole nitrogens is 2. The van der Waals surface area contributed by atoms with E-state index in [0.717, 1.165) is 0 Å². The number of carboxylic acid groups (broad SMARTS) is 1. The van der Waals surface area contributed by atoms with E-state index < -0.39 is 11.8 Å². The Labute approximate surface area is 175 Å². The summed E-state index contributed by atoms with van der Waals surface area (Å²) in [7, 11) is 0. The third-order valence-corrected chi connectivity index (χ3v) is 5.52.